The van der Waals surface area contributed by atoms with Crippen LogP contribution >= 0.6 is 15.9 Å². The number of carboxylic acids is 1. The molecule has 4 nitrogen and oxygen atoms in total. The maximum absolute atomic E-state index is 12.0. The van der Waals surface area contributed by atoms with Crippen molar-refractivity contribution in [2.75, 3.05) is 0 Å². The third kappa shape index (κ3) is 3.15. The summed E-state index contributed by atoms with van der Waals surface area (Å²) in [4.78, 5) is 22.9. The normalized spacial score (nSPS) is 23.3. The summed E-state index contributed by atoms with van der Waals surface area (Å²) in [5.74, 6) is -1.93. The highest BCUT2D eigenvalue weighted by molar-refractivity contribution is 9.10. The summed E-state index contributed by atoms with van der Waals surface area (Å²) in [6.45, 7) is 1.90. The Morgan fingerprint density at radius 1 is 1.26 bits per heavy atom. The number of rotatable bonds is 4. The van der Waals surface area contributed by atoms with Crippen molar-refractivity contribution in [1.29, 1.82) is 0 Å². The number of carboxylic acid groups (broad SMARTS) is 1. The van der Waals surface area contributed by atoms with Crippen LogP contribution in [0.3, 0.4) is 0 Å². The van der Waals surface area contributed by atoms with Crippen molar-refractivity contribution in [3.8, 4) is 0 Å². The molecule has 1 fully saturated rings. The average molecular weight is 326 g/mol. The molecule has 0 bridgehead atoms. The van der Waals surface area contributed by atoms with Gasteiger partial charge in [-0.05, 0) is 37.5 Å². The number of hydrogen-bond acceptors (Lipinski definition) is 2. The second-order valence-corrected chi connectivity index (χ2v) is 5.83. The van der Waals surface area contributed by atoms with Crippen molar-refractivity contribution >= 4 is 27.8 Å². The van der Waals surface area contributed by atoms with E-state index in [1.54, 1.807) is 0 Å². The minimum absolute atomic E-state index is 0.115. The van der Waals surface area contributed by atoms with E-state index in [9.17, 15) is 9.59 Å². The van der Waals surface area contributed by atoms with Crippen molar-refractivity contribution in [1.82, 2.24) is 5.32 Å². The standard InChI is InChI=1S/C14H16BrNO3/c1-8(9-2-4-10(15)5-3-9)16-13(17)11-6-7-12(11)14(18)19/h2-5,8,11-12H,6-7H2,1H3,(H,16,17)(H,18,19). The zero-order valence-corrected chi connectivity index (χ0v) is 12.2. The van der Waals surface area contributed by atoms with Crippen molar-refractivity contribution < 1.29 is 14.7 Å². The quantitative estimate of drug-likeness (QED) is 0.894. The van der Waals surface area contributed by atoms with E-state index in [0.717, 1.165) is 10.0 Å². The van der Waals surface area contributed by atoms with Crippen molar-refractivity contribution in [2.45, 2.75) is 25.8 Å². The van der Waals surface area contributed by atoms with Crippen LogP contribution in [0.25, 0.3) is 0 Å². The Morgan fingerprint density at radius 2 is 1.84 bits per heavy atom. The lowest BCUT2D eigenvalue weighted by Crippen LogP contribution is -2.44. The molecule has 1 aromatic rings. The van der Waals surface area contributed by atoms with E-state index < -0.39 is 11.9 Å². The first-order valence-corrected chi connectivity index (χ1v) is 7.07. The first-order chi connectivity index (χ1) is 8.99. The van der Waals surface area contributed by atoms with Gasteiger partial charge in [-0.3, -0.25) is 9.59 Å². The van der Waals surface area contributed by atoms with E-state index >= 15 is 0 Å². The number of aliphatic carboxylic acids is 1. The van der Waals surface area contributed by atoms with Gasteiger partial charge in [-0.25, -0.2) is 0 Å². The largest absolute Gasteiger partial charge is 0.481 e. The van der Waals surface area contributed by atoms with E-state index in [-0.39, 0.29) is 17.9 Å². The van der Waals surface area contributed by atoms with Gasteiger partial charge in [-0.1, -0.05) is 28.1 Å². The lowest BCUT2D eigenvalue weighted by molar-refractivity contribution is -0.152. The van der Waals surface area contributed by atoms with Crippen LogP contribution in [0.5, 0.6) is 0 Å². The molecule has 2 rings (SSSR count). The predicted molar refractivity (Wildman–Crippen MR) is 74.5 cm³/mol. The smallest absolute Gasteiger partial charge is 0.307 e. The van der Waals surface area contributed by atoms with Crippen LogP contribution in [-0.2, 0) is 9.59 Å². The lowest BCUT2D eigenvalue weighted by Gasteiger charge is -2.33. The number of carbonyl (C=O) groups excluding carboxylic acids is 1. The number of halogens is 1. The highest BCUT2D eigenvalue weighted by Gasteiger charge is 2.41. The number of hydrogen-bond donors (Lipinski definition) is 2. The van der Waals surface area contributed by atoms with E-state index in [4.69, 9.17) is 5.11 Å². The Labute approximate surface area is 120 Å². The van der Waals surface area contributed by atoms with Gasteiger partial charge in [0.15, 0.2) is 0 Å². The molecule has 1 amide bonds. The summed E-state index contributed by atoms with van der Waals surface area (Å²) >= 11 is 3.36. The highest BCUT2D eigenvalue weighted by Crippen LogP contribution is 2.35. The zero-order chi connectivity index (χ0) is 14.0. The molecule has 19 heavy (non-hydrogen) atoms. The van der Waals surface area contributed by atoms with Crippen LogP contribution in [0.4, 0.5) is 0 Å². The van der Waals surface area contributed by atoms with Crippen LogP contribution in [0.15, 0.2) is 28.7 Å². The molecule has 1 saturated carbocycles. The second-order valence-electron chi connectivity index (χ2n) is 4.91. The van der Waals surface area contributed by atoms with Crippen molar-refractivity contribution in [3.63, 3.8) is 0 Å². The van der Waals surface area contributed by atoms with Gasteiger partial charge in [-0.15, -0.1) is 0 Å². The van der Waals surface area contributed by atoms with Gasteiger partial charge in [-0.2, -0.15) is 0 Å². The summed E-state index contributed by atoms with van der Waals surface area (Å²) < 4.78 is 0.986. The average Bonchev–Trinajstić information content (AvgIpc) is 2.27. The Balaban J connectivity index is 1.95. The fourth-order valence-corrected chi connectivity index (χ4v) is 2.53. The SMILES string of the molecule is CC(NC(=O)C1CCC1C(=O)O)c1ccc(Br)cc1. The zero-order valence-electron chi connectivity index (χ0n) is 10.6. The van der Waals surface area contributed by atoms with Gasteiger partial charge < -0.3 is 10.4 Å². The molecule has 3 unspecified atom stereocenters. The van der Waals surface area contributed by atoms with E-state index in [2.05, 4.69) is 21.2 Å². The predicted octanol–water partition coefficient (Wildman–Crippen LogP) is 2.74. The summed E-state index contributed by atoms with van der Waals surface area (Å²) in [5, 5.41) is 11.8. The molecule has 3 atom stereocenters. The molecular formula is C14H16BrNO3. The molecule has 0 aliphatic heterocycles. The topological polar surface area (TPSA) is 66.4 Å². The summed E-state index contributed by atoms with van der Waals surface area (Å²) in [7, 11) is 0. The van der Waals surface area contributed by atoms with E-state index in [0.29, 0.717) is 12.8 Å². The van der Waals surface area contributed by atoms with Gasteiger partial charge in [0.05, 0.1) is 17.9 Å². The van der Waals surface area contributed by atoms with Crippen LogP contribution in [0, 0.1) is 11.8 Å². The highest BCUT2D eigenvalue weighted by atomic mass is 79.9. The fraction of sp³-hybridized carbons (Fsp3) is 0.429. The maximum Gasteiger partial charge on any atom is 0.307 e. The molecule has 1 aromatic carbocycles. The molecule has 0 aromatic heterocycles. The Hall–Kier alpha value is -1.36. The van der Waals surface area contributed by atoms with Crippen LogP contribution < -0.4 is 5.32 Å². The molecule has 0 saturated heterocycles. The van der Waals surface area contributed by atoms with E-state index in [1.807, 2.05) is 31.2 Å². The van der Waals surface area contributed by atoms with Crippen LogP contribution in [-0.4, -0.2) is 17.0 Å². The van der Waals surface area contributed by atoms with Crippen molar-refractivity contribution in [3.05, 3.63) is 34.3 Å². The number of nitrogens with one attached hydrogen (secondary N) is 1. The molecule has 0 radical (unpaired) electrons. The Kier molecular flexibility index (Phi) is 4.24. The van der Waals surface area contributed by atoms with E-state index in [1.165, 1.54) is 0 Å². The Morgan fingerprint density at radius 3 is 2.32 bits per heavy atom. The minimum Gasteiger partial charge on any atom is -0.481 e. The maximum atomic E-state index is 12.0. The fourth-order valence-electron chi connectivity index (χ4n) is 2.26. The molecule has 0 spiro atoms. The molecule has 1 aliphatic carbocycles. The summed E-state index contributed by atoms with van der Waals surface area (Å²) in [6.07, 6.45) is 1.26. The molecule has 1 aliphatic rings. The van der Waals surface area contributed by atoms with Crippen LogP contribution in [0.2, 0.25) is 0 Å². The lowest BCUT2D eigenvalue weighted by atomic mass is 9.73. The Bertz CT molecular complexity index is 486. The first kappa shape index (κ1) is 14.1. The molecule has 102 valence electrons. The first-order valence-electron chi connectivity index (χ1n) is 6.27. The summed E-state index contributed by atoms with van der Waals surface area (Å²) in [5.41, 5.74) is 1.00. The number of benzene rings is 1. The van der Waals surface area contributed by atoms with Gasteiger partial charge in [0, 0.05) is 4.47 Å². The van der Waals surface area contributed by atoms with Gasteiger partial charge in [0.1, 0.15) is 0 Å². The van der Waals surface area contributed by atoms with Gasteiger partial charge in [0.2, 0.25) is 5.91 Å². The monoisotopic (exact) mass is 325 g/mol. The molecular weight excluding hydrogens is 310 g/mol. The minimum atomic E-state index is -0.873. The molecule has 0 heterocycles. The van der Waals surface area contributed by atoms with Crippen LogP contribution in [0.1, 0.15) is 31.4 Å². The number of amides is 1. The van der Waals surface area contributed by atoms with Gasteiger partial charge in [0.25, 0.3) is 0 Å². The summed E-state index contributed by atoms with van der Waals surface area (Å²) in [6, 6.07) is 7.59. The third-order valence-electron chi connectivity index (χ3n) is 3.66. The van der Waals surface area contributed by atoms with Crippen molar-refractivity contribution in [2.24, 2.45) is 11.8 Å². The number of carbonyl (C=O) groups is 2. The van der Waals surface area contributed by atoms with Gasteiger partial charge >= 0.3 is 5.97 Å². The molecule has 5 heteroatoms. The second kappa shape index (κ2) is 5.74. The molecule has 2 N–H and O–H groups in total. The third-order valence-corrected chi connectivity index (χ3v) is 4.19.